The zero-order chi connectivity index (χ0) is 15.5. The van der Waals surface area contributed by atoms with Crippen LogP contribution < -0.4 is 11.1 Å². The molecule has 3 aromatic rings. The Morgan fingerprint density at radius 3 is 2.73 bits per heavy atom. The number of rotatable bonds is 4. The number of nitrogens with one attached hydrogen (secondary N) is 1. The van der Waals surface area contributed by atoms with Crippen molar-refractivity contribution in [3.05, 3.63) is 59.5 Å². The molecule has 0 bridgehead atoms. The van der Waals surface area contributed by atoms with Gasteiger partial charge in [-0.1, -0.05) is 18.2 Å². The third-order valence-corrected chi connectivity index (χ3v) is 3.46. The Morgan fingerprint density at radius 1 is 1.14 bits per heavy atom. The number of aromatic nitrogens is 4. The number of hydrogen-bond acceptors (Lipinski definition) is 5. The molecule has 0 amide bonds. The van der Waals surface area contributed by atoms with Crippen molar-refractivity contribution in [2.75, 3.05) is 11.1 Å². The summed E-state index contributed by atoms with van der Waals surface area (Å²) < 4.78 is 1.87. The summed E-state index contributed by atoms with van der Waals surface area (Å²) in [4.78, 5) is 8.40. The minimum Gasteiger partial charge on any atom is -0.383 e. The van der Waals surface area contributed by atoms with Crippen LogP contribution in [0.25, 0.3) is 5.69 Å². The SMILES string of the molecule is Cc1ccccc1-n1cc(CNc2ncc(C)c(N)n2)cn1. The van der Waals surface area contributed by atoms with Gasteiger partial charge in [-0.2, -0.15) is 10.1 Å². The van der Waals surface area contributed by atoms with E-state index in [0.29, 0.717) is 18.3 Å². The van der Waals surface area contributed by atoms with Crippen molar-refractivity contribution in [1.82, 2.24) is 19.7 Å². The van der Waals surface area contributed by atoms with Crippen LogP contribution in [0.1, 0.15) is 16.7 Å². The molecule has 0 saturated carbocycles. The van der Waals surface area contributed by atoms with Gasteiger partial charge in [-0.25, -0.2) is 9.67 Å². The van der Waals surface area contributed by atoms with Crippen molar-refractivity contribution < 1.29 is 0 Å². The number of nitrogens with two attached hydrogens (primary N) is 1. The van der Waals surface area contributed by atoms with Crippen molar-refractivity contribution >= 4 is 11.8 Å². The monoisotopic (exact) mass is 294 g/mol. The number of benzene rings is 1. The summed E-state index contributed by atoms with van der Waals surface area (Å²) >= 11 is 0. The van der Waals surface area contributed by atoms with Crippen LogP contribution in [0.3, 0.4) is 0 Å². The minimum atomic E-state index is 0.494. The molecule has 3 N–H and O–H groups in total. The van der Waals surface area contributed by atoms with Gasteiger partial charge in [0.05, 0.1) is 11.9 Å². The van der Waals surface area contributed by atoms with E-state index < -0.39 is 0 Å². The van der Waals surface area contributed by atoms with E-state index >= 15 is 0 Å². The first-order chi connectivity index (χ1) is 10.6. The van der Waals surface area contributed by atoms with Crippen molar-refractivity contribution in [3.63, 3.8) is 0 Å². The highest BCUT2D eigenvalue weighted by molar-refractivity contribution is 5.42. The fourth-order valence-electron chi connectivity index (χ4n) is 2.13. The molecule has 2 aromatic heterocycles. The lowest BCUT2D eigenvalue weighted by Gasteiger charge is -2.05. The van der Waals surface area contributed by atoms with E-state index in [1.165, 1.54) is 5.56 Å². The molecule has 0 fully saturated rings. The smallest absolute Gasteiger partial charge is 0.224 e. The molecule has 0 atom stereocenters. The van der Waals surface area contributed by atoms with Gasteiger partial charge in [-0.15, -0.1) is 0 Å². The molecule has 0 radical (unpaired) electrons. The lowest BCUT2D eigenvalue weighted by atomic mass is 10.2. The van der Waals surface area contributed by atoms with Crippen molar-refractivity contribution in [2.45, 2.75) is 20.4 Å². The second kappa shape index (κ2) is 5.85. The van der Waals surface area contributed by atoms with E-state index in [4.69, 9.17) is 5.73 Å². The number of nitrogen functional groups attached to an aromatic ring is 1. The molecule has 112 valence electrons. The van der Waals surface area contributed by atoms with Crippen LogP contribution in [-0.4, -0.2) is 19.7 Å². The lowest BCUT2D eigenvalue weighted by molar-refractivity contribution is 0.872. The number of para-hydroxylation sites is 1. The second-order valence-corrected chi connectivity index (χ2v) is 5.20. The average Bonchev–Trinajstić information content (AvgIpc) is 2.98. The molecule has 0 aliphatic rings. The van der Waals surface area contributed by atoms with E-state index in [1.807, 2.05) is 42.2 Å². The maximum absolute atomic E-state index is 5.78. The summed E-state index contributed by atoms with van der Waals surface area (Å²) in [6.45, 7) is 4.54. The standard InChI is InChI=1S/C16H18N6/c1-11-5-3-4-6-14(11)22-10-13(9-20-22)8-19-16-18-7-12(2)15(17)21-16/h3-7,9-10H,8H2,1-2H3,(H3,17,18,19,21). The van der Waals surface area contributed by atoms with Gasteiger partial charge in [0.1, 0.15) is 5.82 Å². The van der Waals surface area contributed by atoms with Crippen LogP contribution in [0.4, 0.5) is 11.8 Å². The van der Waals surface area contributed by atoms with E-state index in [0.717, 1.165) is 16.8 Å². The number of nitrogens with zero attached hydrogens (tertiary/aromatic N) is 4. The highest BCUT2D eigenvalue weighted by Crippen LogP contribution is 2.14. The highest BCUT2D eigenvalue weighted by atomic mass is 15.3. The van der Waals surface area contributed by atoms with Crippen LogP contribution in [0.5, 0.6) is 0 Å². The number of hydrogen-bond donors (Lipinski definition) is 2. The summed E-state index contributed by atoms with van der Waals surface area (Å²) in [5.74, 6) is 1.01. The van der Waals surface area contributed by atoms with Gasteiger partial charge in [-0.3, -0.25) is 0 Å². The van der Waals surface area contributed by atoms with Crippen LogP contribution in [-0.2, 0) is 6.54 Å². The van der Waals surface area contributed by atoms with Crippen molar-refractivity contribution in [2.24, 2.45) is 0 Å². The molecule has 0 aliphatic heterocycles. The van der Waals surface area contributed by atoms with Crippen molar-refractivity contribution in [3.8, 4) is 5.69 Å². The molecule has 2 heterocycles. The molecule has 22 heavy (non-hydrogen) atoms. The Kier molecular flexibility index (Phi) is 3.74. The normalized spacial score (nSPS) is 10.6. The Balaban J connectivity index is 1.72. The quantitative estimate of drug-likeness (QED) is 0.772. The molecule has 0 aliphatic carbocycles. The van der Waals surface area contributed by atoms with Gasteiger partial charge in [0.15, 0.2) is 0 Å². The topological polar surface area (TPSA) is 81.7 Å². The predicted molar refractivity (Wildman–Crippen MR) is 86.8 cm³/mol. The zero-order valence-electron chi connectivity index (χ0n) is 12.6. The molecule has 3 rings (SSSR count). The fourth-order valence-corrected chi connectivity index (χ4v) is 2.13. The third-order valence-electron chi connectivity index (χ3n) is 3.46. The second-order valence-electron chi connectivity index (χ2n) is 5.20. The van der Waals surface area contributed by atoms with E-state index in [2.05, 4.69) is 33.4 Å². The number of anilines is 2. The van der Waals surface area contributed by atoms with Gasteiger partial charge in [-0.05, 0) is 25.5 Å². The molecular weight excluding hydrogens is 276 g/mol. The molecule has 1 aromatic carbocycles. The highest BCUT2D eigenvalue weighted by Gasteiger charge is 2.05. The maximum Gasteiger partial charge on any atom is 0.224 e. The number of aryl methyl sites for hydroxylation is 2. The first-order valence-electron chi connectivity index (χ1n) is 7.06. The van der Waals surface area contributed by atoms with Gasteiger partial charge in [0.2, 0.25) is 5.95 Å². The maximum atomic E-state index is 5.78. The Morgan fingerprint density at radius 2 is 1.95 bits per heavy atom. The first-order valence-corrected chi connectivity index (χ1v) is 7.06. The Bertz CT molecular complexity index is 793. The van der Waals surface area contributed by atoms with Gasteiger partial charge in [0, 0.05) is 30.1 Å². The fraction of sp³-hybridized carbons (Fsp3) is 0.188. The summed E-state index contributed by atoms with van der Waals surface area (Å²) in [6, 6.07) is 8.13. The molecule has 6 nitrogen and oxygen atoms in total. The van der Waals surface area contributed by atoms with Crippen LogP contribution in [0, 0.1) is 13.8 Å². The van der Waals surface area contributed by atoms with Gasteiger partial charge < -0.3 is 11.1 Å². The lowest BCUT2D eigenvalue weighted by Crippen LogP contribution is -2.05. The summed E-state index contributed by atoms with van der Waals surface area (Å²) in [7, 11) is 0. The molecule has 0 saturated heterocycles. The summed E-state index contributed by atoms with van der Waals surface area (Å²) in [5.41, 5.74) is 9.95. The van der Waals surface area contributed by atoms with Crippen molar-refractivity contribution in [1.29, 1.82) is 0 Å². The summed E-state index contributed by atoms with van der Waals surface area (Å²) in [6.07, 6.45) is 5.53. The van der Waals surface area contributed by atoms with Gasteiger partial charge >= 0.3 is 0 Å². The van der Waals surface area contributed by atoms with E-state index in [1.54, 1.807) is 6.20 Å². The molecule has 0 spiro atoms. The van der Waals surface area contributed by atoms with Crippen LogP contribution in [0.2, 0.25) is 0 Å². The van der Waals surface area contributed by atoms with Crippen LogP contribution >= 0.6 is 0 Å². The molecule has 0 unspecified atom stereocenters. The summed E-state index contributed by atoms with van der Waals surface area (Å²) in [5, 5.41) is 7.56. The first kappa shape index (κ1) is 14.1. The Labute approximate surface area is 129 Å². The average molecular weight is 294 g/mol. The molecule has 6 heteroatoms. The predicted octanol–water partition coefficient (Wildman–Crippen LogP) is 2.47. The minimum absolute atomic E-state index is 0.494. The van der Waals surface area contributed by atoms with E-state index in [9.17, 15) is 0 Å². The largest absolute Gasteiger partial charge is 0.383 e. The Hall–Kier alpha value is -2.89. The third kappa shape index (κ3) is 2.90. The van der Waals surface area contributed by atoms with Crippen LogP contribution in [0.15, 0.2) is 42.9 Å². The zero-order valence-corrected chi connectivity index (χ0v) is 12.6. The van der Waals surface area contributed by atoms with E-state index in [-0.39, 0.29) is 0 Å². The molecular formula is C16H18N6. The van der Waals surface area contributed by atoms with Gasteiger partial charge in [0.25, 0.3) is 0 Å².